The summed E-state index contributed by atoms with van der Waals surface area (Å²) in [5.41, 5.74) is 3.15. The third-order valence-corrected chi connectivity index (χ3v) is 6.53. The van der Waals surface area contributed by atoms with Gasteiger partial charge < -0.3 is 19.3 Å². The van der Waals surface area contributed by atoms with Crippen molar-refractivity contribution in [2.24, 2.45) is 0 Å². The molecule has 1 aliphatic heterocycles. The zero-order valence-electron chi connectivity index (χ0n) is 21.9. The standard InChI is InChI=1S/C30H29NO7/c1-6-38-30(35)20-7-11-21(12-8-20)31-26(19-9-13-22(36-4)14-10-19)25(28(33)29(31)34)27(32)23-15-18(3)24(37-5)16-17(23)2/h7-16,26,32H,6H2,1-5H3/b27-25+. The largest absolute Gasteiger partial charge is 0.507 e. The van der Waals surface area contributed by atoms with Crippen LogP contribution < -0.4 is 14.4 Å². The summed E-state index contributed by atoms with van der Waals surface area (Å²) in [6.45, 7) is 5.58. The monoisotopic (exact) mass is 515 g/mol. The van der Waals surface area contributed by atoms with Crippen LogP contribution >= 0.6 is 0 Å². The topological polar surface area (TPSA) is 102 Å². The first-order chi connectivity index (χ1) is 18.2. The molecule has 1 atom stereocenters. The van der Waals surface area contributed by atoms with E-state index in [9.17, 15) is 19.5 Å². The Kier molecular flexibility index (Phi) is 7.52. The van der Waals surface area contributed by atoms with Crippen molar-refractivity contribution in [1.82, 2.24) is 0 Å². The molecule has 4 rings (SSSR count). The summed E-state index contributed by atoms with van der Waals surface area (Å²) in [7, 11) is 3.10. The number of carbonyl (C=O) groups is 3. The van der Waals surface area contributed by atoms with Gasteiger partial charge in [0.05, 0.1) is 38.0 Å². The predicted octanol–water partition coefficient (Wildman–Crippen LogP) is 5.12. The van der Waals surface area contributed by atoms with Crippen LogP contribution in [0.1, 0.15) is 45.6 Å². The summed E-state index contributed by atoms with van der Waals surface area (Å²) < 4.78 is 15.7. The lowest BCUT2D eigenvalue weighted by molar-refractivity contribution is -0.132. The Hall–Kier alpha value is -4.59. The molecule has 0 spiro atoms. The van der Waals surface area contributed by atoms with Gasteiger partial charge in [0.1, 0.15) is 17.3 Å². The number of Topliss-reactive ketones (excluding diaryl/α,β-unsaturated/α-hetero) is 1. The minimum Gasteiger partial charge on any atom is -0.507 e. The van der Waals surface area contributed by atoms with Crippen LogP contribution in [0.4, 0.5) is 5.69 Å². The minimum atomic E-state index is -0.920. The number of aliphatic hydroxyl groups excluding tert-OH is 1. The van der Waals surface area contributed by atoms with E-state index in [2.05, 4.69) is 0 Å². The van der Waals surface area contributed by atoms with Crippen molar-refractivity contribution in [2.75, 3.05) is 25.7 Å². The highest BCUT2D eigenvalue weighted by Crippen LogP contribution is 2.43. The van der Waals surface area contributed by atoms with E-state index in [1.807, 2.05) is 6.92 Å². The van der Waals surface area contributed by atoms with Gasteiger partial charge in [-0.3, -0.25) is 14.5 Å². The fourth-order valence-electron chi connectivity index (χ4n) is 4.58. The number of rotatable bonds is 7. The third-order valence-electron chi connectivity index (χ3n) is 6.53. The maximum Gasteiger partial charge on any atom is 0.338 e. The fourth-order valence-corrected chi connectivity index (χ4v) is 4.58. The lowest BCUT2D eigenvalue weighted by atomic mass is 9.93. The second kappa shape index (κ2) is 10.8. The molecule has 1 heterocycles. The summed E-state index contributed by atoms with van der Waals surface area (Å²) in [6, 6.07) is 15.8. The molecule has 1 saturated heterocycles. The molecule has 1 aliphatic rings. The van der Waals surface area contributed by atoms with E-state index in [1.165, 1.54) is 17.0 Å². The molecule has 8 heteroatoms. The van der Waals surface area contributed by atoms with Crippen LogP contribution in [-0.4, -0.2) is 43.6 Å². The van der Waals surface area contributed by atoms with E-state index in [1.54, 1.807) is 76.6 Å². The van der Waals surface area contributed by atoms with Gasteiger partial charge in [0.25, 0.3) is 11.7 Å². The van der Waals surface area contributed by atoms with E-state index in [0.29, 0.717) is 39.4 Å². The number of hydrogen-bond acceptors (Lipinski definition) is 7. The average Bonchev–Trinajstić information content (AvgIpc) is 3.19. The van der Waals surface area contributed by atoms with Crippen LogP contribution in [0.2, 0.25) is 0 Å². The molecule has 0 saturated carbocycles. The number of aryl methyl sites for hydroxylation is 2. The van der Waals surface area contributed by atoms with Gasteiger partial charge in [-0.05, 0) is 86.0 Å². The van der Waals surface area contributed by atoms with Crippen LogP contribution in [0.5, 0.6) is 11.5 Å². The number of esters is 1. The maximum absolute atomic E-state index is 13.5. The van der Waals surface area contributed by atoms with Crippen molar-refractivity contribution in [3.63, 3.8) is 0 Å². The molecular formula is C30H29NO7. The summed E-state index contributed by atoms with van der Waals surface area (Å²) >= 11 is 0. The smallest absolute Gasteiger partial charge is 0.338 e. The Bertz CT molecular complexity index is 1420. The number of ether oxygens (including phenoxy) is 3. The quantitative estimate of drug-likeness (QED) is 0.202. The van der Waals surface area contributed by atoms with Gasteiger partial charge in [-0.15, -0.1) is 0 Å². The number of aliphatic hydroxyl groups is 1. The SMILES string of the molecule is CCOC(=O)c1ccc(N2C(=O)C(=O)/C(=C(/O)c3cc(C)c(OC)cc3C)C2c2ccc(OC)cc2)cc1. The number of ketones is 1. The molecule has 38 heavy (non-hydrogen) atoms. The number of nitrogens with zero attached hydrogens (tertiary/aromatic N) is 1. The van der Waals surface area contributed by atoms with Crippen LogP contribution in [0.15, 0.2) is 66.2 Å². The second-order valence-electron chi connectivity index (χ2n) is 8.85. The summed E-state index contributed by atoms with van der Waals surface area (Å²) in [5, 5.41) is 11.5. The van der Waals surface area contributed by atoms with Crippen molar-refractivity contribution in [3.05, 3.63) is 94.1 Å². The fraction of sp³-hybridized carbons (Fsp3) is 0.233. The summed E-state index contributed by atoms with van der Waals surface area (Å²) in [6.07, 6.45) is 0. The average molecular weight is 516 g/mol. The molecule has 1 N–H and O–H groups in total. The summed E-state index contributed by atoms with van der Waals surface area (Å²) in [5.74, 6) is -1.12. The lowest BCUT2D eigenvalue weighted by Gasteiger charge is -2.26. The summed E-state index contributed by atoms with van der Waals surface area (Å²) in [4.78, 5) is 40.3. The molecule has 0 radical (unpaired) electrons. The Labute approximate surface area is 221 Å². The Morgan fingerprint density at radius 2 is 1.58 bits per heavy atom. The van der Waals surface area contributed by atoms with Gasteiger partial charge in [-0.2, -0.15) is 0 Å². The lowest BCUT2D eigenvalue weighted by Crippen LogP contribution is -2.29. The van der Waals surface area contributed by atoms with E-state index in [0.717, 1.165) is 5.56 Å². The molecule has 0 bridgehead atoms. The number of carbonyl (C=O) groups excluding carboxylic acids is 3. The van der Waals surface area contributed by atoms with Gasteiger partial charge in [0.2, 0.25) is 0 Å². The van der Waals surface area contributed by atoms with Crippen LogP contribution in [0.3, 0.4) is 0 Å². The number of methoxy groups -OCH3 is 2. The molecule has 8 nitrogen and oxygen atoms in total. The Morgan fingerprint density at radius 3 is 2.16 bits per heavy atom. The highest BCUT2D eigenvalue weighted by molar-refractivity contribution is 6.51. The number of hydrogen-bond donors (Lipinski definition) is 1. The van der Waals surface area contributed by atoms with Crippen LogP contribution in [0, 0.1) is 13.8 Å². The van der Waals surface area contributed by atoms with Gasteiger partial charge in [0, 0.05) is 11.3 Å². The third kappa shape index (κ3) is 4.72. The first-order valence-corrected chi connectivity index (χ1v) is 12.1. The molecule has 1 fully saturated rings. The molecule has 0 aromatic heterocycles. The van der Waals surface area contributed by atoms with Crippen molar-refractivity contribution >= 4 is 29.1 Å². The number of benzene rings is 3. The van der Waals surface area contributed by atoms with E-state index in [4.69, 9.17) is 14.2 Å². The van der Waals surface area contributed by atoms with Crippen LogP contribution in [-0.2, 0) is 14.3 Å². The highest BCUT2D eigenvalue weighted by atomic mass is 16.5. The Morgan fingerprint density at radius 1 is 0.921 bits per heavy atom. The first-order valence-electron chi connectivity index (χ1n) is 12.1. The van der Waals surface area contributed by atoms with Gasteiger partial charge in [0.15, 0.2) is 0 Å². The van der Waals surface area contributed by atoms with E-state index >= 15 is 0 Å². The molecule has 3 aromatic rings. The van der Waals surface area contributed by atoms with Crippen molar-refractivity contribution < 1.29 is 33.7 Å². The maximum atomic E-state index is 13.5. The van der Waals surface area contributed by atoms with Gasteiger partial charge >= 0.3 is 5.97 Å². The first kappa shape index (κ1) is 26.5. The molecular weight excluding hydrogens is 486 g/mol. The van der Waals surface area contributed by atoms with Crippen LogP contribution in [0.25, 0.3) is 5.76 Å². The van der Waals surface area contributed by atoms with Crippen molar-refractivity contribution in [1.29, 1.82) is 0 Å². The zero-order valence-corrected chi connectivity index (χ0v) is 21.9. The molecule has 196 valence electrons. The van der Waals surface area contributed by atoms with Crippen molar-refractivity contribution in [2.45, 2.75) is 26.8 Å². The molecule has 1 amide bonds. The molecule has 0 aliphatic carbocycles. The number of amides is 1. The zero-order chi connectivity index (χ0) is 27.6. The highest BCUT2D eigenvalue weighted by Gasteiger charge is 2.47. The second-order valence-corrected chi connectivity index (χ2v) is 8.85. The van der Waals surface area contributed by atoms with Crippen molar-refractivity contribution in [3.8, 4) is 11.5 Å². The van der Waals surface area contributed by atoms with Gasteiger partial charge in [-0.1, -0.05) is 12.1 Å². The minimum absolute atomic E-state index is 0.0395. The van der Waals surface area contributed by atoms with E-state index < -0.39 is 23.7 Å². The normalized spacial score (nSPS) is 16.4. The van der Waals surface area contributed by atoms with Gasteiger partial charge in [-0.25, -0.2) is 4.79 Å². The Balaban J connectivity index is 1.90. The number of anilines is 1. The van der Waals surface area contributed by atoms with E-state index in [-0.39, 0.29) is 17.9 Å². The molecule has 3 aromatic carbocycles. The predicted molar refractivity (Wildman–Crippen MR) is 143 cm³/mol. The molecule has 1 unspecified atom stereocenters.